The van der Waals surface area contributed by atoms with E-state index < -0.39 is 0 Å². The van der Waals surface area contributed by atoms with Crippen LogP contribution in [-0.2, 0) is 6.42 Å². The van der Waals surface area contributed by atoms with Crippen LogP contribution in [0.4, 0.5) is 10.2 Å². The topological polar surface area (TPSA) is 61.8 Å². The quantitative estimate of drug-likeness (QED) is 0.591. The number of aliphatic imine (C=N–C) groups is 1. The molecule has 150 valence electrons. The van der Waals surface area contributed by atoms with Crippen molar-refractivity contribution < 1.29 is 9.13 Å². The van der Waals surface area contributed by atoms with Gasteiger partial charge >= 0.3 is 0 Å². The summed E-state index contributed by atoms with van der Waals surface area (Å²) in [7, 11) is 3.45. The summed E-state index contributed by atoms with van der Waals surface area (Å²) in [5.41, 5.74) is 2.34. The van der Waals surface area contributed by atoms with E-state index in [-0.39, 0.29) is 11.9 Å². The number of hydrogen-bond acceptors (Lipinski definition) is 4. The maximum absolute atomic E-state index is 13.9. The predicted molar refractivity (Wildman–Crippen MR) is 111 cm³/mol. The zero-order valence-corrected chi connectivity index (χ0v) is 16.7. The van der Waals surface area contributed by atoms with Gasteiger partial charge < -0.3 is 20.3 Å². The summed E-state index contributed by atoms with van der Waals surface area (Å²) in [6.07, 6.45) is 3.40. The molecule has 0 amide bonds. The molecule has 1 unspecified atom stereocenters. The lowest BCUT2D eigenvalue weighted by molar-refractivity contribution is 0.411. The fourth-order valence-electron chi connectivity index (χ4n) is 3.41. The molecule has 0 spiro atoms. The second-order valence-electron chi connectivity index (χ2n) is 6.94. The van der Waals surface area contributed by atoms with Gasteiger partial charge in [0.05, 0.1) is 7.11 Å². The second kappa shape index (κ2) is 9.39. The third-order valence-electron chi connectivity index (χ3n) is 4.97. The number of hydrogen-bond donors (Lipinski definition) is 2. The van der Waals surface area contributed by atoms with E-state index in [2.05, 4.69) is 38.8 Å². The lowest BCUT2D eigenvalue weighted by Gasteiger charge is -2.20. The van der Waals surface area contributed by atoms with Gasteiger partial charge in [0.2, 0.25) is 0 Å². The van der Waals surface area contributed by atoms with E-state index in [4.69, 9.17) is 4.74 Å². The Bertz CT molecular complexity index is 826. The average Bonchev–Trinajstić information content (AvgIpc) is 3.17. The van der Waals surface area contributed by atoms with Crippen molar-refractivity contribution in [1.82, 2.24) is 15.6 Å². The molecule has 2 N–H and O–H groups in total. The van der Waals surface area contributed by atoms with Crippen molar-refractivity contribution in [2.75, 3.05) is 38.7 Å². The number of nitrogens with zero attached hydrogens (tertiary/aromatic N) is 3. The number of methoxy groups -OCH3 is 1. The molecule has 2 aromatic rings. The summed E-state index contributed by atoms with van der Waals surface area (Å²) in [5, 5.41) is 6.78. The van der Waals surface area contributed by atoms with Crippen molar-refractivity contribution in [2.24, 2.45) is 4.99 Å². The fourth-order valence-corrected chi connectivity index (χ4v) is 3.41. The van der Waals surface area contributed by atoms with Gasteiger partial charge in [-0.05, 0) is 49.1 Å². The number of aromatic nitrogens is 1. The normalized spacial score (nSPS) is 16.9. The molecule has 1 atom stereocenters. The van der Waals surface area contributed by atoms with Gasteiger partial charge in [0, 0.05) is 38.9 Å². The molecule has 7 heteroatoms. The first-order valence-corrected chi connectivity index (χ1v) is 9.57. The van der Waals surface area contributed by atoms with E-state index in [1.807, 2.05) is 11.8 Å². The van der Waals surface area contributed by atoms with Crippen LogP contribution < -0.4 is 20.3 Å². The van der Waals surface area contributed by atoms with Crippen molar-refractivity contribution >= 4 is 11.8 Å². The zero-order valence-electron chi connectivity index (χ0n) is 16.7. The number of nitrogens with one attached hydrogen (secondary N) is 2. The van der Waals surface area contributed by atoms with Crippen LogP contribution in [-0.4, -0.2) is 50.8 Å². The van der Waals surface area contributed by atoms with Crippen LogP contribution in [0.1, 0.15) is 17.5 Å². The second-order valence-corrected chi connectivity index (χ2v) is 6.94. The first-order valence-electron chi connectivity index (χ1n) is 9.57. The third-order valence-corrected chi connectivity index (χ3v) is 4.97. The maximum atomic E-state index is 13.9. The van der Waals surface area contributed by atoms with E-state index in [1.54, 1.807) is 26.4 Å². The Hall–Kier alpha value is -2.83. The van der Waals surface area contributed by atoms with Crippen molar-refractivity contribution in [3.63, 3.8) is 0 Å². The van der Waals surface area contributed by atoms with Crippen LogP contribution in [0.2, 0.25) is 0 Å². The number of pyridine rings is 1. The molecule has 1 aromatic carbocycles. The molecule has 0 bridgehead atoms. The SMILES string of the molecule is CN=C(NCCc1ccc(C)c(OC)c1)NC1CCN(c2ncccc2F)C1. The van der Waals surface area contributed by atoms with E-state index in [9.17, 15) is 4.39 Å². The zero-order chi connectivity index (χ0) is 19.9. The molecule has 1 aliphatic heterocycles. The molecule has 3 rings (SSSR count). The number of aryl methyl sites for hydroxylation is 1. The minimum absolute atomic E-state index is 0.201. The Balaban J connectivity index is 1.48. The number of anilines is 1. The van der Waals surface area contributed by atoms with E-state index in [0.717, 1.165) is 43.2 Å². The molecule has 0 saturated carbocycles. The molecule has 1 aliphatic rings. The number of guanidine groups is 1. The molecular weight excluding hydrogens is 357 g/mol. The van der Waals surface area contributed by atoms with Crippen molar-refractivity contribution in [3.05, 3.63) is 53.5 Å². The predicted octanol–water partition coefficient (Wildman–Crippen LogP) is 2.52. The lowest BCUT2D eigenvalue weighted by atomic mass is 10.1. The van der Waals surface area contributed by atoms with Crippen LogP contribution in [0.15, 0.2) is 41.5 Å². The molecule has 1 aromatic heterocycles. The van der Waals surface area contributed by atoms with E-state index in [0.29, 0.717) is 12.4 Å². The molecule has 0 aliphatic carbocycles. The highest BCUT2D eigenvalue weighted by Crippen LogP contribution is 2.21. The number of halogens is 1. The van der Waals surface area contributed by atoms with Gasteiger partial charge in [0.25, 0.3) is 0 Å². The van der Waals surface area contributed by atoms with Crippen LogP contribution in [0.3, 0.4) is 0 Å². The highest BCUT2D eigenvalue weighted by atomic mass is 19.1. The fraction of sp³-hybridized carbons (Fsp3) is 0.429. The Kier molecular flexibility index (Phi) is 6.68. The molecule has 1 saturated heterocycles. The molecule has 6 nitrogen and oxygen atoms in total. The largest absolute Gasteiger partial charge is 0.496 e. The van der Waals surface area contributed by atoms with Gasteiger partial charge in [-0.3, -0.25) is 4.99 Å². The van der Waals surface area contributed by atoms with Crippen LogP contribution in [0, 0.1) is 12.7 Å². The highest BCUT2D eigenvalue weighted by Gasteiger charge is 2.25. The Morgan fingerprint density at radius 1 is 1.39 bits per heavy atom. The minimum atomic E-state index is -0.279. The lowest BCUT2D eigenvalue weighted by Crippen LogP contribution is -2.45. The summed E-state index contributed by atoms with van der Waals surface area (Å²) < 4.78 is 19.3. The van der Waals surface area contributed by atoms with Crippen molar-refractivity contribution in [3.8, 4) is 5.75 Å². The third kappa shape index (κ3) is 4.91. The Labute approximate surface area is 165 Å². The summed E-state index contributed by atoms with van der Waals surface area (Å²) in [4.78, 5) is 10.4. The van der Waals surface area contributed by atoms with Crippen molar-refractivity contribution in [1.29, 1.82) is 0 Å². The van der Waals surface area contributed by atoms with Gasteiger partial charge in [-0.25, -0.2) is 9.37 Å². The molecule has 1 fully saturated rings. The van der Waals surface area contributed by atoms with Gasteiger partial charge in [0.1, 0.15) is 5.75 Å². The van der Waals surface area contributed by atoms with Crippen LogP contribution in [0.25, 0.3) is 0 Å². The first kappa shape index (κ1) is 19.9. The highest BCUT2D eigenvalue weighted by molar-refractivity contribution is 5.80. The Morgan fingerprint density at radius 3 is 3.00 bits per heavy atom. The number of ether oxygens (including phenoxy) is 1. The summed E-state index contributed by atoms with van der Waals surface area (Å²) in [6, 6.07) is 9.52. The van der Waals surface area contributed by atoms with E-state index in [1.165, 1.54) is 11.6 Å². The number of rotatable bonds is 6. The van der Waals surface area contributed by atoms with Crippen LogP contribution in [0.5, 0.6) is 5.75 Å². The number of benzene rings is 1. The summed E-state index contributed by atoms with van der Waals surface area (Å²) in [5.74, 6) is 1.81. The van der Waals surface area contributed by atoms with Gasteiger partial charge in [-0.1, -0.05) is 12.1 Å². The molecular formula is C21H28FN5O. The standard InChI is InChI=1S/C21H28FN5O/c1-15-6-7-16(13-19(15)28-3)8-11-25-21(23-2)26-17-9-12-27(14-17)20-18(22)5-4-10-24-20/h4-7,10,13,17H,8-9,11-12,14H2,1-3H3,(H2,23,25,26). The van der Waals surface area contributed by atoms with Gasteiger partial charge in [-0.15, -0.1) is 0 Å². The van der Waals surface area contributed by atoms with Gasteiger partial charge in [0.15, 0.2) is 17.6 Å². The summed E-state index contributed by atoms with van der Waals surface area (Å²) >= 11 is 0. The van der Waals surface area contributed by atoms with Crippen LogP contribution >= 0.6 is 0 Å². The summed E-state index contributed by atoms with van der Waals surface area (Å²) in [6.45, 7) is 4.26. The molecule has 2 heterocycles. The van der Waals surface area contributed by atoms with Gasteiger partial charge in [-0.2, -0.15) is 0 Å². The Morgan fingerprint density at radius 2 is 2.25 bits per heavy atom. The molecule has 28 heavy (non-hydrogen) atoms. The smallest absolute Gasteiger partial charge is 0.191 e. The van der Waals surface area contributed by atoms with E-state index >= 15 is 0 Å². The molecule has 0 radical (unpaired) electrons. The average molecular weight is 385 g/mol. The first-order chi connectivity index (χ1) is 13.6. The van der Waals surface area contributed by atoms with Crippen molar-refractivity contribution in [2.45, 2.75) is 25.8 Å². The maximum Gasteiger partial charge on any atom is 0.191 e. The monoisotopic (exact) mass is 385 g/mol. The minimum Gasteiger partial charge on any atom is -0.496 e.